The summed E-state index contributed by atoms with van der Waals surface area (Å²) >= 11 is 5.67. The number of hydrogen-bond acceptors (Lipinski definition) is 7. The number of hydrogen-bond donors (Lipinski definition) is 2. The van der Waals surface area contributed by atoms with Gasteiger partial charge < -0.3 is 15.0 Å². The lowest BCUT2D eigenvalue weighted by atomic mass is 9.83. The van der Waals surface area contributed by atoms with Gasteiger partial charge in [0.2, 0.25) is 11.8 Å². The number of anilines is 2. The molecule has 2 aliphatic rings. The molecule has 3 heterocycles. The SMILES string of the molecule is Cc1ccccc1NC(=O)COc1cccc([C@H]2c3sc(=O)[nH]c3SC3C(=O)N(c4ccc(Br)cc4)C(=O)C32)c1. The third-order valence-electron chi connectivity index (χ3n) is 6.92. The molecule has 0 aliphatic carbocycles. The second-order valence-electron chi connectivity index (χ2n) is 9.46. The quantitative estimate of drug-likeness (QED) is 0.278. The van der Waals surface area contributed by atoms with Crippen LogP contribution >= 0.6 is 39.0 Å². The van der Waals surface area contributed by atoms with E-state index in [2.05, 4.69) is 26.2 Å². The molecule has 0 radical (unpaired) electrons. The summed E-state index contributed by atoms with van der Waals surface area (Å²) in [6.07, 6.45) is 0. The molecule has 2 N–H and O–H groups in total. The highest BCUT2D eigenvalue weighted by atomic mass is 79.9. The first kappa shape index (κ1) is 26.5. The summed E-state index contributed by atoms with van der Waals surface area (Å²) in [5.41, 5.74) is 2.88. The molecule has 0 bridgehead atoms. The van der Waals surface area contributed by atoms with Crippen LogP contribution in [0.3, 0.4) is 0 Å². The second kappa shape index (κ2) is 10.7. The number of aromatic amines is 1. The molecule has 3 atom stereocenters. The molecule has 3 amide bonds. The van der Waals surface area contributed by atoms with Gasteiger partial charge in [-0.15, -0.1) is 0 Å². The van der Waals surface area contributed by atoms with Crippen molar-refractivity contribution in [3.8, 4) is 5.75 Å². The van der Waals surface area contributed by atoms with Crippen molar-refractivity contribution in [1.29, 1.82) is 0 Å². The van der Waals surface area contributed by atoms with Gasteiger partial charge in [0, 0.05) is 21.0 Å². The average Bonchev–Trinajstić information content (AvgIpc) is 3.43. The third-order valence-corrected chi connectivity index (χ3v) is 9.84. The number of imide groups is 1. The number of ether oxygens (including phenoxy) is 1. The van der Waals surface area contributed by atoms with E-state index in [1.807, 2.05) is 37.3 Å². The van der Waals surface area contributed by atoms with E-state index in [-0.39, 0.29) is 29.2 Å². The van der Waals surface area contributed by atoms with Crippen molar-refractivity contribution in [2.24, 2.45) is 5.92 Å². The molecule has 0 spiro atoms. The Labute approximate surface area is 245 Å². The van der Waals surface area contributed by atoms with Gasteiger partial charge in [-0.2, -0.15) is 0 Å². The minimum atomic E-state index is -0.709. The Morgan fingerprint density at radius 2 is 1.80 bits per heavy atom. The molecule has 202 valence electrons. The van der Waals surface area contributed by atoms with Crippen LogP contribution in [-0.4, -0.2) is 34.6 Å². The Morgan fingerprint density at radius 1 is 1.02 bits per heavy atom. The van der Waals surface area contributed by atoms with Crippen molar-refractivity contribution in [3.05, 3.63) is 103 Å². The first-order valence-electron chi connectivity index (χ1n) is 12.4. The first-order valence-corrected chi connectivity index (χ1v) is 14.9. The molecule has 2 unspecified atom stereocenters. The van der Waals surface area contributed by atoms with Gasteiger partial charge in [0.25, 0.3) is 5.91 Å². The molecular formula is C29H22BrN3O5S2. The predicted octanol–water partition coefficient (Wildman–Crippen LogP) is 5.32. The van der Waals surface area contributed by atoms with Crippen molar-refractivity contribution < 1.29 is 19.1 Å². The molecule has 11 heteroatoms. The van der Waals surface area contributed by atoms with E-state index < -0.39 is 17.1 Å². The van der Waals surface area contributed by atoms with Gasteiger partial charge >= 0.3 is 4.87 Å². The number of amides is 3. The van der Waals surface area contributed by atoms with Crippen LogP contribution in [0.5, 0.6) is 5.75 Å². The molecule has 1 saturated heterocycles. The molecule has 40 heavy (non-hydrogen) atoms. The molecule has 1 fully saturated rings. The number of rotatable bonds is 6. The molecule has 4 aromatic rings. The normalized spacial score (nSPS) is 19.8. The number of carbonyl (C=O) groups excluding carboxylic acids is 3. The van der Waals surface area contributed by atoms with E-state index in [0.29, 0.717) is 27.0 Å². The number of aromatic nitrogens is 1. The Kier molecular flexibility index (Phi) is 7.11. The van der Waals surface area contributed by atoms with Gasteiger partial charge in [-0.3, -0.25) is 19.2 Å². The first-order chi connectivity index (χ1) is 19.3. The Balaban J connectivity index is 1.29. The van der Waals surface area contributed by atoms with Crippen molar-refractivity contribution in [2.45, 2.75) is 23.1 Å². The number of para-hydroxylation sites is 1. The molecule has 3 aromatic carbocycles. The van der Waals surface area contributed by atoms with Crippen LogP contribution in [-0.2, 0) is 14.4 Å². The Morgan fingerprint density at radius 3 is 2.58 bits per heavy atom. The highest BCUT2D eigenvalue weighted by molar-refractivity contribution is 9.10. The third kappa shape index (κ3) is 4.89. The topological polar surface area (TPSA) is 109 Å². The number of nitrogens with one attached hydrogen (secondary N) is 2. The maximum absolute atomic E-state index is 13.8. The fourth-order valence-electron chi connectivity index (χ4n) is 5.07. The van der Waals surface area contributed by atoms with E-state index in [1.165, 1.54) is 16.7 Å². The summed E-state index contributed by atoms with van der Waals surface area (Å²) in [5.74, 6) is -1.73. The predicted molar refractivity (Wildman–Crippen MR) is 158 cm³/mol. The largest absolute Gasteiger partial charge is 0.484 e. The average molecular weight is 637 g/mol. The summed E-state index contributed by atoms with van der Waals surface area (Å²) < 4.78 is 6.65. The van der Waals surface area contributed by atoms with Crippen LogP contribution in [0.2, 0.25) is 0 Å². The van der Waals surface area contributed by atoms with E-state index >= 15 is 0 Å². The van der Waals surface area contributed by atoms with Crippen molar-refractivity contribution >= 4 is 68.1 Å². The number of fused-ring (bicyclic) bond motifs is 2. The van der Waals surface area contributed by atoms with Crippen LogP contribution in [0, 0.1) is 12.8 Å². The molecule has 6 rings (SSSR count). The summed E-state index contributed by atoms with van der Waals surface area (Å²) in [6.45, 7) is 1.70. The van der Waals surface area contributed by atoms with Crippen LogP contribution in [0.25, 0.3) is 0 Å². The molecule has 0 saturated carbocycles. The van der Waals surface area contributed by atoms with E-state index in [4.69, 9.17) is 4.74 Å². The molecular weight excluding hydrogens is 614 g/mol. The number of halogens is 1. The number of aryl methyl sites for hydroxylation is 1. The number of H-pyrrole nitrogens is 1. The van der Waals surface area contributed by atoms with Crippen LogP contribution in [0.1, 0.15) is 21.9 Å². The number of benzene rings is 3. The number of carbonyl (C=O) groups is 3. The van der Waals surface area contributed by atoms with Crippen LogP contribution in [0.15, 0.2) is 87.1 Å². The lowest BCUT2D eigenvalue weighted by molar-refractivity contribution is -0.122. The maximum Gasteiger partial charge on any atom is 0.305 e. The number of nitrogens with zero attached hydrogens (tertiary/aromatic N) is 1. The zero-order valence-corrected chi connectivity index (χ0v) is 24.3. The summed E-state index contributed by atoms with van der Waals surface area (Å²) in [5, 5.41) is 2.75. The lowest BCUT2D eigenvalue weighted by Crippen LogP contribution is -2.32. The number of thiazole rings is 1. The molecule has 1 aromatic heterocycles. The smallest absolute Gasteiger partial charge is 0.305 e. The molecule has 8 nitrogen and oxygen atoms in total. The van der Waals surface area contributed by atoms with Gasteiger partial charge in [-0.25, -0.2) is 4.90 Å². The highest BCUT2D eigenvalue weighted by Gasteiger charge is 2.56. The maximum atomic E-state index is 13.8. The van der Waals surface area contributed by atoms with Crippen molar-refractivity contribution in [1.82, 2.24) is 4.98 Å². The standard InChI is InChI=1S/C29H22BrN3O5S2/c1-15-5-2-3-8-20(15)31-21(34)14-38-19-7-4-6-16(13-19)22-23-25(39-26-24(22)40-29(37)32-26)28(36)33(27(23)35)18-11-9-17(30)10-12-18/h2-13,22-23,25H,14H2,1H3,(H,31,34)(H,32,37)/t22-,23?,25?/m1/s1. The van der Waals surface area contributed by atoms with E-state index in [1.54, 1.807) is 42.5 Å². The zero-order valence-electron chi connectivity index (χ0n) is 21.1. The Hall–Kier alpha value is -3.67. The van der Waals surface area contributed by atoms with E-state index in [9.17, 15) is 19.2 Å². The highest BCUT2D eigenvalue weighted by Crippen LogP contribution is 2.53. The van der Waals surface area contributed by atoms with Crippen molar-refractivity contribution in [3.63, 3.8) is 0 Å². The van der Waals surface area contributed by atoms with E-state index in [0.717, 1.165) is 26.9 Å². The fourth-order valence-corrected chi connectivity index (χ4v) is 7.85. The fraction of sp³-hybridized carbons (Fsp3) is 0.172. The summed E-state index contributed by atoms with van der Waals surface area (Å²) in [6, 6.07) is 21.6. The van der Waals surface area contributed by atoms with Gasteiger partial charge in [-0.1, -0.05) is 69.4 Å². The Bertz CT molecular complexity index is 1700. The number of thioether (sulfide) groups is 1. The summed E-state index contributed by atoms with van der Waals surface area (Å²) in [7, 11) is 0. The summed E-state index contributed by atoms with van der Waals surface area (Å²) in [4.78, 5) is 56.9. The minimum absolute atomic E-state index is 0.206. The lowest BCUT2D eigenvalue weighted by Gasteiger charge is -2.30. The molecule has 2 aliphatic heterocycles. The van der Waals surface area contributed by atoms with Crippen LogP contribution in [0.4, 0.5) is 11.4 Å². The van der Waals surface area contributed by atoms with Gasteiger partial charge in [-0.05, 0) is 60.5 Å². The van der Waals surface area contributed by atoms with Gasteiger partial charge in [0.05, 0.1) is 16.6 Å². The monoisotopic (exact) mass is 635 g/mol. The second-order valence-corrected chi connectivity index (χ2v) is 12.5. The minimum Gasteiger partial charge on any atom is -0.484 e. The zero-order chi connectivity index (χ0) is 28.0. The van der Waals surface area contributed by atoms with Gasteiger partial charge in [0.1, 0.15) is 11.0 Å². The van der Waals surface area contributed by atoms with Crippen molar-refractivity contribution in [2.75, 3.05) is 16.8 Å². The van der Waals surface area contributed by atoms with Gasteiger partial charge in [0.15, 0.2) is 6.61 Å². The van der Waals surface area contributed by atoms with Crippen LogP contribution < -0.4 is 19.8 Å².